The van der Waals surface area contributed by atoms with Crippen molar-refractivity contribution in [1.82, 2.24) is 14.7 Å². The maximum atomic E-state index is 5.89. The van der Waals surface area contributed by atoms with E-state index in [1.165, 1.54) is 38.8 Å². The predicted octanol–water partition coefficient (Wildman–Crippen LogP) is 2.43. The summed E-state index contributed by atoms with van der Waals surface area (Å²) in [5.74, 6) is 0. The van der Waals surface area contributed by atoms with Crippen LogP contribution in [-0.4, -0.2) is 47.5 Å². The Bertz CT molecular complexity index is 409. The largest absolute Gasteiger partial charge is 0.381 e. The molecule has 3 heterocycles. The molecule has 0 aliphatic carbocycles. The number of rotatable bonds is 3. The Morgan fingerprint density at radius 1 is 1.26 bits per heavy atom. The topological polar surface area (TPSA) is 30.3 Å². The molecule has 0 aromatic carbocycles. The third-order valence-electron chi connectivity index (χ3n) is 4.54. The summed E-state index contributed by atoms with van der Waals surface area (Å²) in [5.41, 5.74) is 0.526. The summed E-state index contributed by atoms with van der Waals surface area (Å²) in [6.07, 6.45) is 8.77. The van der Waals surface area contributed by atoms with E-state index in [4.69, 9.17) is 16.3 Å². The molecule has 2 aliphatic heterocycles. The fourth-order valence-electron chi connectivity index (χ4n) is 3.42. The minimum Gasteiger partial charge on any atom is -0.381 e. The Balaban J connectivity index is 1.53. The summed E-state index contributed by atoms with van der Waals surface area (Å²) in [5, 5.41) is 4.96. The number of piperidine rings is 1. The van der Waals surface area contributed by atoms with Gasteiger partial charge in [0, 0.05) is 32.5 Å². The molecule has 0 bridgehead atoms. The van der Waals surface area contributed by atoms with Crippen LogP contribution in [0, 0.1) is 5.41 Å². The maximum absolute atomic E-state index is 5.89. The van der Waals surface area contributed by atoms with Crippen molar-refractivity contribution in [2.24, 2.45) is 5.41 Å². The van der Waals surface area contributed by atoms with Gasteiger partial charge in [-0.3, -0.25) is 4.68 Å². The smallest absolute Gasteiger partial charge is 0.0785 e. The summed E-state index contributed by atoms with van der Waals surface area (Å²) < 4.78 is 7.46. The van der Waals surface area contributed by atoms with Gasteiger partial charge in [-0.2, -0.15) is 5.10 Å². The van der Waals surface area contributed by atoms with Gasteiger partial charge in [-0.1, -0.05) is 11.6 Å². The standard InChI is InChI=1S/C14H22ClN3O/c15-13-10-16-18(11-13)7-6-17-5-1-2-14(12-17)3-8-19-9-4-14/h10-11H,1-9,12H2. The van der Waals surface area contributed by atoms with E-state index in [1.807, 2.05) is 10.9 Å². The molecule has 2 fully saturated rings. The minimum atomic E-state index is 0.526. The molecule has 3 rings (SSSR count). The van der Waals surface area contributed by atoms with E-state index in [9.17, 15) is 0 Å². The Morgan fingerprint density at radius 2 is 2.11 bits per heavy atom. The third kappa shape index (κ3) is 3.30. The van der Waals surface area contributed by atoms with E-state index in [-0.39, 0.29) is 0 Å². The Morgan fingerprint density at radius 3 is 2.84 bits per heavy atom. The number of likely N-dealkylation sites (tertiary alicyclic amines) is 1. The maximum Gasteiger partial charge on any atom is 0.0785 e. The molecule has 4 nitrogen and oxygen atoms in total. The molecule has 0 atom stereocenters. The van der Waals surface area contributed by atoms with Crippen LogP contribution in [0.25, 0.3) is 0 Å². The molecule has 1 spiro atoms. The molecule has 2 aliphatic rings. The lowest BCUT2D eigenvalue weighted by Crippen LogP contribution is -2.46. The van der Waals surface area contributed by atoms with Crippen molar-refractivity contribution in [3.05, 3.63) is 17.4 Å². The quantitative estimate of drug-likeness (QED) is 0.853. The van der Waals surface area contributed by atoms with Gasteiger partial charge in [-0.15, -0.1) is 0 Å². The average Bonchev–Trinajstić information content (AvgIpc) is 2.83. The van der Waals surface area contributed by atoms with Crippen LogP contribution in [0.1, 0.15) is 25.7 Å². The van der Waals surface area contributed by atoms with Gasteiger partial charge in [0.05, 0.1) is 17.8 Å². The van der Waals surface area contributed by atoms with Crippen LogP contribution in [0.3, 0.4) is 0 Å². The second-order valence-corrected chi connectivity index (χ2v) is 6.35. The lowest BCUT2D eigenvalue weighted by molar-refractivity contribution is -0.0279. The molecule has 1 aromatic rings. The van der Waals surface area contributed by atoms with Gasteiger partial charge in [0.1, 0.15) is 0 Å². The molecular weight excluding hydrogens is 262 g/mol. The first-order valence-electron chi connectivity index (χ1n) is 7.24. The lowest BCUT2D eigenvalue weighted by Gasteiger charge is -2.45. The zero-order chi connectivity index (χ0) is 13.1. The SMILES string of the molecule is Clc1cnn(CCN2CCCC3(CCOCC3)C2)c1. The van der Waals surface area contributed by atoms with Crippen LogP contribution in [0.5, 0.6) is 0 Å². The van der Waals surface area contributed by atoms with Crippen LogP contribution >= 0.6 is 11.6 Å². The van der Waals surface area contributed by atoms with Crippen molar-refractivity contribution in [2.45, 2.75) is 32.2 Å². The molecule has 19 heavy (non-hydrogen) atoms. The predicted molar refractivity (Wildman–Crippen MR) is 75.4 cm³/mol. The molecule has 0 saturated carbocycles. The number of hydrogen-bond donors (Lipinski definition) is 0. The minimum absolute atomic E-state index is 0.526. The van der Waals surface area contributed by atoms with Gasteiger partial charge in [0.2, 0.25) is 0 Å². The van der Waals surface area contributed by atoms with E-state index in [1.54, 1.807) is 6.20 Å². The molecule has 0 radical (unpaired) electrons. The van der Waals surface area contributed by atoms with Crippen LogP contribution < -0.4 is 0 Å². The fourth-order valence-corrected chi connectivity index (χ4v) is 3.57. The van der Waals surface area contributed by atoms with Crippen LogP contribution in [0.15, 0.2) is 12.4 Å². The highest BCUT2D eigenvalue weighted by Gasteiger charge is 2.36. The zero-order valence-corrected chi connectivity index (χ0v) is 12.1. The fraction of sp³-hybridized carbons (Fsp3) is 0.786. The van der Waals surface area contributed by atoms with Gasteiger partial charge < -0.3 is 9.64 Å². The highest BCUT2D eigenvalue weighted by molar-refractivity contribution is 6.30. The first kappa shape index (κ1) is 13.4. The lowest BCUT2D eigenvalue weighted by atomic mass is 9.74. The number of halogens is 1. The van der Waals surface area contributed by atoms with E-state index in [2.05, 4.69) is 10.00 Å². The highest BCUT2D eigenvalue weighted by atomic mass is 35.5. The van der Waals surface area contributed by atoms with Crippen molar-refractivity contribution in [3.8, 4) is 0 Å². The number of aromatic nitrogens is 2. The molecule has 5 heteroatoms. The van der Waals surface area contributed by atoms with Gasteiger partial charge in [-0.25, -0.2) is 0 Å². The van der Waals surface area contributed by atoms with Crippen LogP contribution in [0.4, 0.5) is 0 Å². The van der Waals surface area contributed by atoms with Crippen molar-refractivity contribution >= 4 is 11.6 Å². The molecule has 0 amide bonds. The monoisotopic (exact) mass is 283 g/mol. The first-order chi connectivity index (χ1) is 9.26. The van der Waals surface area contributed by atoms with Crippen molar-refractivity contribution in [1.29, 1.82) is 0 Å². The summed E-state index contributed by atoms with van der Waals surface area (Å²) in [6, 6.07) is 0. The number of ether oxygens (including phenoxy) is 1. The van der Waals surface area contributed by atoms with Crippen molar-refractivity contribution in [2.75, 3.05) is 32.8 Å². The van der Waals surface area contributed by atoms with Gasteiger partial charge in [-0.05, 0) is 37.6 Å². The van der Waals surface area contributed by atoms with E-state index in [0.717, 1.165) is 31.3 Å². The number of hydrogen-bond acceptors (Lipinski definition) is 3. The number of nitrogens with zero attached hydrogens (tertiary/aromatic N) is 3. The molecule has 106 valence electrons. The normalized spacial score (nSPS) is 23.8. The van der Waals surface area contributed by atoms with Gasteiger partial charge in [0.25, 0.3) is 0 Å². The third-order valence-corrected chi connectivity index (χ3v) is 4.74. The average molecular weight is 284 g/mol. The molecule has 2 saturated heterocycles. The summed E-state index contributed by atoms with van der Waals surface area (Å²) in [7, 11) is 0. The Labute approximate surface area is 119 Å². The second kappa shape index (κ2) is 5.81. The summed E-state index contributed by atoms with van der Waals surface area (Å²) in [4.78, 5) is 2.59. The molecule has 0 unspecified atom stereocenters. The van der Waals surface area contributed by atoms with E-state index < -0.39 is 0 Å². The summed E-state index contributed by atoms with van der Waals surface area (Å²) in [6.45, 7) is 6.34. The second-order valence-electron chi connectivity index (χ2n) is 5.91. The zero-order valence-electron chi connectivity index (χ0n) is 11.4. The van der Waals surface area contributed by atoms with Gasteiger partial charge >= 0.3 is 0 Å². The van der Waals surface area contributed by atoms with Crippen LogP contribution in [-0.2, 0) is 11.3 Å². The highest BCUT2D eigenvalue weighted by Crippen LogP contribution is 2.38. The van der Waals surface area contributed by atoms with E-state index >= 15 is 0 Å². The van der Waals surface area contributed by atoms with Gasteiger partial charge in [0.15, 0.2) is 0 Å². The van der Waals surface area contributed by atoms with Crippen molar-refractivity contribution in [3.63, 3.8) is 0 Å². The first-order valence-corrected chi connectivity index (χ1v) is 7.62. The molecule has 0 N–H and O–H groups in total. The molecular formula is C14H22ClN3O. The summed E-state index contributed by atoms with van der Waals surface area (Å²) >= 11 is 5.89. The van der Waals surface area contributed by atoms with E-state index in [0.29, 0.717) is 5.41 Å². The Kier molecular flexibility index (Phi) is 4.10. The van der Waals surface area contributed by atoms with Crippen LogP contribution in [0.2, 0.25) is 5.02 Å². The van der Waals surface area contributed by atoms with Crippen molar-refractivity contribution < 1.29 is 4.74 Å². The molecule has 1 aromatic heterocycles. The Hall–Kier alpha value is -0.580.